The summed E-state index contributed by atoms with van der Waals surface area (Å²) in [4.78, 5) is 18.0. The van der Waals surface area contributed by atoms with Crippen LogP contribution in [0.4, 0.5) is 22.9 Å². The van der Waals surface area contributed by atoms with E-state index < -0.39 is 9.84 Å². The molecule has 0 spiro atoms. The number of hydrogen-bond acceptors (Lipinski definition) is 7. The topological polar surface area (TPSA) is 106 Å². The van der Waals surface area contributed by atoms with Crippen molar-refractivity contribution in [2.75, 3.05) is 11.6 Å². The van der Waals surface area contributed by atoms with Gasteiger partial charge in [0.15, 0.2) is 9.84 Å². The number of nitrogens with zero attached hydrogens (tertiary/aromatic N) is 6. The van der Waals surface area contributed by atoms with Gasteiger partial charge in [0.1, 0.15) is 11.4 Å². The Bertz CT molecular complexity index is 1830. The van der Waals surface area contributed by atoms with Crippen LogP contribution in [0.15, 0.2) is 52.5 Å². The standard InChI is InChI=1S/C30H31N7O2S/c1-17(2)23-10-9-21(35-30(23)31-5)14-22-15-27(29-26(34-22)12-18(3)33-29)36-25-11-8-20(13-28(25)40(7,38)39)24-16-32-37(6)19(24)4/h8-11,13,15-17H,12,14H2,1-4,6-7H3,(H,34,36). The van der Waals surface area contributed by atoms with Gasteiger partial charge in [0.25, 0.3) is 5.82 Å². The number of hydrogen-bond donors (Lipinski definition) is 1. The highest BCUT2D eigenvalue weighted by molar-refractivity contribution is 7.90. The van der Waals surface area contributed by atoms with Crippen LogP contribution in [0.2, 0.25) is 0 Å². The number of aryl methyl sites for hydroxylation is 1. The summed E-state index contributed by atoms with van der Waals surface area (Å²) in [7, 11) is -1.72. The Labute approximate surface area is 234 Å². The molecule has 0 unspecified atom stereocenters. The quantitative estimate of drug-likeness (QED) is 0.271. The molecule has 0 radical (unpaired) electrons. The van der Waals surface area contributed by atoms with Gasteiger partial charge in [-0.15, -0.1) is 4.98 Å². The Balaban J connectivity index is 1.55. The third-order valence-corrected chi connectivity index (χ3v) is 8.23. The summed E-state index contributed by atoms with van der Waals surface area (Å²) in [5.41, 5.74) is 8.62. The molecule has 0 saturated heterocycles. The summed E-state index contributed by atoms with van der Waals surface area (Å²) in [5.74, 6) is 0.616. The van der Waals surface area contributed by atoms with Crippen LogP contribution in [0, 0.1) is 13.5 Å². The molecule has 1 N–H and O–H groups in total. The monoisotopic (exact) mass is 553 g/mol. The van der Waals surface area contributed by atoms with Gasteiger partial charge in [0.05, 0.1) is 40.3 Å². The maximum Gasteiger partial charge on any atom is 0.273 e. The van der Waals surface area contributed by atoms with Crippen molar-refractivity contribution >= 4 is 38.4 Å². The van der Waals surface area contributed by atoms with Crippen LogP contribution >= 0.6 is 0 Å². The van der Waals surface area contributed by atoms with E-state index >= 15 is 0 Å². The van der Waals surface area contributed by atoms with Gasteiger partial charge in [-0.2, -0.15) is 5.10 Å². The van der Waals surface area contributed by atoms with E-state index in [1.807, 2.05) is 59.0 Å². The zero-order chi connectivity index (χ0) is 28.8. The molecule has 1 aromatic carbocycles. The van der Waals surface area contributed by atoms with E-state index in [1.54, 1.807) is 23.0 Å². The van der Waals surface area contributed by atoms with E-state index in [4.69, 9.17) is 16.5 Å². The SMILES string of the molecule is [C-]#[N+]c1nc(Cc2cc(Nc3ccc(-c4cnn(C)c4C)cc3S(C)(=O)=O)c3c(n2)CC(C)=N3)ccc1C(C)C. The molecular formula is C30H31N7O2S. The van der Waals surface area contributed by atoms with Gasteiger partial charge in [0.2, 0.25) is 0 Å². The van der Waals surface area contributed by atoms with Gasteiger partial charge in [-0.25, -0.2) is 8.42 Å². The maximum absolute atomic E-state index is 12.9. The lowest BCUT2D eigenvalue weighted by Gasteiger charge is -2.16. The highest BCUT2D eigenvalue weighted by atomic mass is 32.2. The Morgan fingerprint density at radius 3 is 2.50 bits per heavy atom. The molecule has 3 aromatic heterocycles. The molecule has 0 aliphatic carbocycles. The van der Waals surface area contributed by atoms with Gasteiger partial charge in [0, 0.05) is 36.7 Å². The van der Waals surface area contributed by atoms with Gasteiger partial charge in [-0.1, -0.05) is 32.6 Å². The van der Waals surface area contributed by atoms with E-state index in [9.17, 15) is 8.42 Å². The molecule has 5 rings (SSSR count). The summed E-state index contributed by atoms with van der Waals surface area (Å²) in [6, 6.07) is 11.2. The normalized spacial score (nSPS) is 12.8. The highest BCUT2D eigenvalue weighted by Gasteiger charge is 2.23. The van der Waals surface area contributed by atoms with Crippen molar-refractivity contribution in [3.05, 3.63) is 82.4 Å². The molecule has 204 valence electrons. The maximum atomic E-state index is 12.9. The Morgan fingerprint density at radius 1 is 1.07 bits per heavy atom. The third-order valence-electron chi connectivity index (χ3n) is 7.09. The number of aromatic nitrogens is 4. The van der Waals surface area contributed by atoms with Crippen LogP contribution in [-0.4, -0.2) is 40.1 Å². The second-order valence-electron chi connectivity index (χ2n) is 10.5. The van der Waals surface area contributed by atoms with Crippen LogP contribution in [0.25, 0.3) is 16.0 Å². The Kier molecular flexibility index (Phi) is 7.02. The number of pyridine rings is 2. The molecule has 0 fully saturated rings. The van der Waals surface area contributed by atoms with Crippen LogP contribution < -0.4 is 5.32 Å². The average molecular weight is 554 g/mol. The van der Waals surface area contributed by atoms with Gasteiger partial charge >= 0.3 is 0 Å². The largest absolute Gasteiger partial charge is 0.360 e. The lowest BCUT2D eigenvalue weighted by Crippen LogP contribution is -2.05. The van der Waals surface area contributed by atoms with Gasteiger partial charge in [-0.05, 0) is 55.2 Å². The second kappa shape index (κ2) is 10.3. The van der Waals surface area contributed by atoms with Crippen molar-refractivity contribution in [3.63, 3.8) is 0 Å². The fraction of sp³-hybridized carbons (Fsp3) is 0.300. The van der Waals surface area contributed by atoms with Crippen LogP contribution in [-0.2, 0) is 29.7 Å². The molecule has 0 bridgehead atoms. The van der Waals surface area contributed by atoms with Crippen molar-refractivity contribution in [3.8, 4) is 11.1 Å². The van der Waals surface area contributed by atoms with Crippen molar-refractivity contribution in [1.29, 1.82) is 0 Å². The molecule has 4 heterocycles. The smallest absolute Gasteiger partial charge is 0.273 e. The van der Waals surface area contributed by atoms with Gasteiger partial charge in [-0.3, -0.25) is 14.7 Å². The minimum absolute atomic E-state index is 0.187. The molecule has 4 aromatic rings. The van der Waals surface area contributed by atoms with Crippen molar-refractivity contribution in [2.24, 2.45) is 12.0 Å². The van der Waals surface area contributed by atoms with E-state index in [2.05, 4.69) is 20.2 Å². The van der Waals surface area contributed by atoms with E-state index in [1.165, 1.54) is 6.26 Å². The summed E-state index contributed by atoms with van der Waals surface area (Å²) >= 11 is 0. The number of sulfone groups is 1. The molecule has 10 heteroatoms. The fourth-order valence-electron chi connectivity index (χ4n) is 4.91. The number of anilines is 2. The first-order valence-corrected chi connectivity index (χ1v) is 14.9. The van der Waals surface area contributed by atoms with Crippen LogP contribution in [0.5, 0.6) is 0 Å². The summed E-state index contributed by atoms with van der Waals surface area (Å²) in [6.07, 6.45) is 3.99. The zero-order valence-corrected chi connectivity index (χ0v) is 24.3. The lowest BCUT2D eigenvalue weighted by molar-refractivity contribution is 0.602. The molecule has 0 atom stereocenters. The predicted octanol–water partition coefficient (Wildman–Crippen LogP) is 6.25. The van der Waals surface area contributed by atoms with E-state index in [-0.39, 0.29) is 10.8 Å². The average Bonchev–Trinajstić information content (AvgIpc) is 3.44. The summed E-state index contributed by atoms with van der Waals surface area (Å²) in [5, 5.41) is 7.65. The number of nitrogens with one attached hydrogen (secondary N) is 1. The molecule has 1 aliphatic rings. The van der Waals surface area contributed by atoms with Crippen molar-refractivity contribution in [1.82, 2.24) is 19.7 Å². The first-order valence-electron chi connectivity index (χ1n) is 13.0. The summed E-state index contributed by atoms with van der Waals surface area (Å²) in [6.45, 7) is 15.5. The molecule has 0 saturated carbocycles. The van der Waals surface area contributed by atoms with Crippen LogP contribution in [0.3, 0.4) is 0 Å². The van der Waals surface area contributed by atoms with Crippen molar-refractivity contribution < 1.29 is 8.42 Å². The van der Waals surface area contributed by atoms with E-state index in [0.29, 0.717) is 35.7 Å². The first-order chi connectivity index (χ1) is 18.9. The first kappa shape index (κ1) is 27.2. The molecule has 1 aliphatic heterocycles. The lowest BCUT2D eigenvalue weighted by atomic mass is 10.0. The second-order valence-corrected chi connectivity index (χ2v) is 12.5. The third kappa shape index (κ3) is 5.25. The van der Waals surface area contributed by atoms with Gasteiger partial charge < -0.3 is 10.2 Å². The number of benzene rings is 1. The Morgan fingerprint density at radius 2 is 1.85 bits per heavy atom. The molecule has 0 amide bonds. The zero-order valence-electron chi connectivity index (χ0n) is 23.4. The minimum atomic E-state index is -3.57. The number of fused-ring (bicyclic) bond motifs is 1. The number of aliphatic imine (C=N–C) groups is 1. The summed E-state index contributed by atoms with van der Waals surface area (Å²) < 4.78 is 27.6. The van der Waals surface area contributed by atoms with E-state index in [0.717, 1.165) is 45.2 Å². The predicted molar refractivity (Wildman–Crippen MR) is 158 cm³/mol. The van der Waals surface area contributed by atoms with Crippen molar-refractivity contribution in [2.45, 2.75) is 51.3 Å². The number of rotatable bonds is 7. The highest BCUT2D eigenvalue weighted by Crippen LogP contribution is 2.39. The minimum Gasteiger partial charge on any atom is -0.360 e. The molecular weight excluding hydrogens is 522 g/mol. The fourth-order valence-corrected chi connectivity index (χ4v) is 5.76. The Hall–Kier alpha value is -4.36. The molecule has 9 nitrogen and oxygen atoms in total. The molecule has 40 heavy (non-hydrogen) atoms. The van der Waals surface area contributed by atoms with Crippen LogP contribution in [0.1, 0.15) is 55.0 Å².